The van der Waals surface area contributed by atoms with Crippen molar-refractivity contribution in [1.29, 1.82) is 0 Å². The highest BCUT2D eigenvalue weighted by Crippen LogP contribution is 2.48. The average molecular weight is 392 g/mol. The molecule has 2 aromatic carbocycles. The van der Waals surface area contributed by atoms with E-state index < -0.39 is 12.1 Å². The Bertz CT molecular complexity index is 957. The fourth-order valence-corrected chi connectivity index (χ4v) is 4.83. The molecule has 29 heavy (non-hydrogen) atoms. The van der Waals surface area contributed by atoms with Gasteiger partial charge in [0.1, 0.15) is 11.9 Å². The minimum atomic E-state index is -0.447. The van der Waals surface area contributed by atoms with Gasteiger partial charge in [-0.3, -0.25) is 9.59 Å². The Kier molecular flexibility index (Phi) is 4.41. The van der Waals surface area contributed by atoms with Crippen LogP contribution >= 0.6 is 0 Å². The maximum atomic E-state index is 14.7. The third kappa shape index (κ3) is 3.43. The summed E-state index contributed by atoms with van der Waals surface area (Å²) in [5, 5.41) is 3.11. The van der Waals surface area contributed by atoms with Gasteiger partial charge < -0.3 is 10.2 Å². The lowest BCUT2D eigenvalue weighted by Crippen LogP contribution is -2.48. The number of fused-ring (bicyclic) bond motifs is 1. The van der Waals surface area contributed by atoms with Crippen LogP contribution in [-0.4, -0.2) is 28.8 Å². The van der Waals surface area contributed by atoms with Gasteiger partial charge in [-0.2, -0.15) is 0 Å². The summed E-state index contributed by atoms with van der Waals surface area (Å²) in [4.78, 5) is 27.0. The maximum Gasteiger partial charge on any atom is 0.243 e. The molecule has 5 rings (SSSR count). The molecule has 5 heteroatoms. The molecular weight excluding hydrogens is 367 g/mol. The first kappa shape index (κ1) is 18.3. The van der Waals surface area contributed by atoms with Gasteiger partial charge >= 0.3 is 0 Å². The zero-order chi connectivity index (χ0) is 20.1. The Labute approximate surface area is 170 Å². The van der Waals surface area contributed by atoms with Gasteiger partial charge in [0.15, 0.2) is 0 Å². The lowest BCUT2D eigenvalue weighted by atomic mass is 9.96. The molecule has 4 atom stereocenters. The Morgan fingerprint density at radius 2 is 1.83 bits per heavy atom. The Hall–Kier alpha value is -2.69. The van der Waals surface area contributed by atoms with Crippen LogP contribution in [0, 0.1) is 11.7 Å². The van der Waals surface area contributed by atoms with Crippen molar-refractivity contribution in [2.45, 2.75) is 56.7 Å². The minimum Gasteiger partial charge on any atom is -0.343 e. The summed E-state index contributed by atoms with van der Waals surface area (Å²) in [6.07, 6.45) is 3.80. The molecule has 2 aliphatic carbocycles. The highest BCUT2D eigenvalue weighted by Gasteiger charge is 2.55. The van der Waals surface area contributed by atoms with E-state index in [1.165, 1.54) is 6.92 Å². The second kappa shape index (κ2) is 6.97. The van der Waals surface area contributed by atoms with E-state index in [0.29, 0.717) is 18.3 Å². The molecule has 1 saturated heterocycles. The third-order valence-electron chi connectivity index (χ3n) is 6.57. The zero-order valence-electron chi connectivity index (χ0n) is 16.5. The van der Waals surface area contributed by atoms with Crippen LogP contribution in [0.15, 0.2) is 48.5 Å². The topological polar surface area (TPSA) is 49.4 Å². The third-order valence-corrected chi connectivity index (χ3v) is 6.57. The zero-order valence-corrected chi connectivity index (χ0v) is 16.5. The van der Waals surface area contributed by atoms with Gasteiger partial charge in [0.25, 0.3) is 0 Å². The molecule has 1 aliphatic heterocycles. The molecule has 0 bridgehead atoms. The number of carbonyl (C=O) groups excluding carboxylic acids is 2. The molecule has 2 aromatic rings. The second-order valence-electron chi connectivity index (χ2n) is 8.65. The van der Waals surface area contributed by atoms with Crippen molar-refractivity contribution >= 4 is 11.8 Å². The van der Waals surface area contributed by atoms with Crippen LogP contribution in [0.1, 0.15) is 61.3 Å². The summed E-state index contributed by atoms with van der Waals surface area (Å²) in [6, 6.07) is 14.3. The van der Waals surface area contributed by atoms with E-state index >= 15 is 0 Å². The Balaban J connectivity index is 1.43. The minimum absolute atomic E-state index is 0.0498. The monoisotopic (exact) mass is 392 g/mol. The number of nitrogens with one attached hydrogen (secondary N) is 1. The van der Waals surface area contributed by atoms with Crippen LogP contribution < -0.4 is 5.32 Å². The van der Waals surface area contributed by atoms with E-state index in [1.807, 2.05) is 42.5 Å². The van der Waals surface area contributed by atoms with Gasteiger partial charge in [-0.15, -0.1) is 0 Å². The molecule has 4 nitrogen and oxygen atoms in total. The number of nitrogens with zero attached hydrogens (tertiary/aromatic N) is 1. The van der Waals surface area contributed by atoms with E-state index in [1.54, 1.807) is 11.0 Å². The number of rotatable bonds is 5. The normalized spacial score (nSPS) is 26.0. The highest BCUT2D eigenvalue weighted by molar-refractivity contribution is 5.88. The van der Waals surface area contributed by atoms with E-state index in [0.717, 1.165) is 36.0 Å². The molecule has 2 saturated carbocycles. The van der Waals surface area contributed by atoms with Crippen molar-refractivity contribution in [3.8, 4) is 0 Å². The summed E-state index contributed by atoms with van der Waals surface area (Å²) >= 11 is 0. The van der Waals surface area contributed by atoms with Gasteiger partial charge in [0, 0.05) is 13.0 Å². The Morgan fingerprint density at radius 3 is 2.48 bits per heavy atom. The Morgan fingerprint density at radius 1 is 1.07 bits per heavy atom. The summed E-state index contributed by atoms with van der Waals surface area (Å²) in [5.41, 5.74) is 2.39. The molecule has 3 aliphatic rings. The average Bonchev–Trinajstić information content (AvgIpc) is 3.64. The SMILES string of the molecule is CC(=O)N1[C@H](C(=O)N[C@@H](c2ccccc2)c2ccc(C3CC3)c(F)c2)C[C@@H]2C[C@@H]21. The molecule has 0 unspecified atom stereocenters. The van der Waals surface area contributed by atoms with Crippen molar-refractivity contribution in [3.05, 3.63) is 71.0 Å². The predicted octanol–water partition coefficient (Wildman–Crippen LogP) is 3.92. The first-order chi connectivity index (χ1) is 14.0. The quantitative estimate of drug-likeness (QED) is 0.839. The fourth-order valence-electron chi connectivity index (χ4n) is 4.83. The summed E-state index contributed by atoms with van der Waals surface area (Å²) in [7, 11) is 0. The van der Waals surface area contributed by atoms with E-state index in [2.05, 4.69) is 5.32 Å². The van der Waals surface area contributed by atoms with Crippen molar-refractivity contribution in [2.24, 2.45) is 5.92 Å². The molecule has 1 heterocycles. The summed E-state index contributed by atoms with van der Waals surface area (Å²) in [5.74, 6) is 0.370. The van der Waals surface area contributed by atoms with Gasteiger partial charge in [0.2, 0.25) is 11.8 Å². The van der Waals surface area contributed by atoms with Gasteiger partial charge in [0.05, 0.1) is 6.04 Å². The molecule has 1 N–H and O–H groups in total. The highest BCUT2D eigenvalue weighted by atomic mass is 19.1. The van der Waals surface area contributed by atoms with Crippen LogP contribution in [0.25, 0.3) is 0 Å². The standard InChI is InChI=1S/C24H25FN2O2/c1-14(28)27-21-12-18(21)13-22(27)24(29)26-23(16-5-3-2-4-6-16)17-9-10-19(15-7-8-15)20(25)11-17/h2-6,9-11,15,18,21-23H,7-8,12-13H2,1H3,(H,26,29)/t18-,21-,22-,23-/m0/s1. The number of hydrogen-bond donors (Lipinski definition) is 1. The molecule has 3 fully saturated rings. The van der Waals surface area contributed by atoms with Gasteiger partial charge in [-0.25, -0.2) is 4.39 Å². The van der Waals surface area contributed by atoms with Gasteiger partial charge in [-0.1, -0.05) is 42.5 Å². The van der Waals surface area contributed by atoms with Crippen LogP contribution in [-0.2, 0) is 9.59 Å². The fraction of sp³-hybridized carbons (Fsp3) is 0.417. The molecular formula is C24H25FN2O2. The van der Waals surface area contributed by atoms with Crippen LogP contribution in [0.5, 0.6) is 0 Å². The van der Waals surface area contributed by atoms with Crippen LogP contribution in [0.4, 0.5) is 4.39 Å². The molecule has 0 aromatic heterocycles. The van der Waals surface area contributed by atoms with Crippen molar-refractivity contribution in [2.75, 3.05) is 0 Å². The predicted molar refractivity (Wildman–Crippen MR) is 108 cm³/mol. The summed E-state index contributed by atoms with van der Waals surface area (Å²) < 4.78 is 14.7. The second-order valence-corrected chi connectivity index (χ2v) is 8.65. The summed E-state index contributed by atoms with van der Waals surface area (Å²) in [6.45, 7) is 1.53. The maximum absolute atomic E-state index is 14.7. The number of carbonyl (C=O) groups is 2. The molecule has 150 valence electrons. The lowest BCUT2D eigenvalue weighted by molar-refractivity contribution is -0.138. The van der Waals surface area contributed by atoms with Crippen molar-refractivity contribution in [3.63, 3.8) is 0 Å². The molecule has 2 amide bonds. The number of likely N-dealkylation sites (tertiary alicyclic amines) is 1. The van der Waals surface area contributed by atoms with Crippen molar-refractivity contribution < 1.29 is 14.0 Å². The van der Waals surface area contributed by atoms with E-state index in [9.17, 15) is 14.0 Å². The molecule has 0 radical (unpaired) electrons. The van der Waals surface area contributed by atoms with E-state index in [-0.39, 0.29) is 23.7 Å². The van der Waals surface area contributed by atoms with E-state index in [4.69, 9.17) is 0 Å². The number of halogens is 1. The first-order valence-corrected chi connectivity index (χ1v) is 10.5. The van der Waals surface area contributed by atoms with Gasteiger partial charge in [-0.05, 0) is 60.3 Å². The number of hydrogen-bond acceptors (Lipinski definition) is 2. The number of piperidine rings is 1. The van der Waals surface area contributed by atoms with Crippen LogP contribution in [0.3, 0.4) is 0 Å². The first-order valence-electron chi connectivity index (χ1n) is 10.5. The smallest absolute Gasteiger partial charge is 0.243 e. The van der Waals surface area contributed by atoms with Crippen molar-refractivity contribution in [1.82, 2.24) is 10.2 Å². The molecule has 0 spiro atoms. The number of amides is 2. The van der Waals surface area contributed by atoms with Crippen LogP contribution in [0.2, 0.25) is 0 Å². The largest absolute Gasteiger partial charge is 0.343 e. The number of benzene rings is 2. The lowest BCUT2D eigenvalue weighted by Gasteiger charge is -2.28.